The normalized spacial score (nSPS) is 10.1. The molecule has 0 fully saturated rings. The summed E-state index contributed by atoms with van der Waals surface area (Å²) in [6.45, 7) is -0.203. The summed E-state index contributed by atoms with van der Waals surface area (Å²) in [4.78, 5) is 41.9. The molecule has 0 atom stereocenters. The molecule has 0 saturated heterocycles. The van der Waals surface area contributed by atoms with Gasteiger partial charge in [0.05, 0.1) is 17.1 Å². The number of aromatic nitrogens is 1. The van der Waals surface area contributed by atoms with Crippen LogP contribution in [0.3, 0.4) is 0 Å². The molecule has 3 rings (SSSR count). The van der Waals surface area contributed by atoms with Crippen molar-refractivity contribution in [2.24, 2.45) is 0 Å². The summed E-state index contributed by atoms with van der Waals surface area (Å²) in [6, 6.07) is 13.8. The van der Waals surface area contributed by atoms with Gasteiger partial charge >= 0.3 is 0 Å². The maximum atomic E-state index is 12.6. The van der Waals surface area contributed by atoms with Crippen LogP contribution in [0.2, 0.25) is 0 Å². The van der Waals surface area contributed by atoms with Crippen molar-refractivity contribution in [3.63, 3.8) is 0 Å². The number of nitrogens with one attached hydrogen (secondary N) is 2. The third-order valence-corrected chi connectivity index (χ3v) is 4.87. The fraction of sp³-hybridized carbons (Fsp3) is 0.0952. The van der Waals surface area contributed by atoms with Crippen molar-refractivity contribution in [3.05, 3.63) is 75.4 Å². The molecule has 0 radical (unpaired) electrons. The Balaban J connectivity index is 1.68. The highest BCUT2D eigenvalue weighted by molar-refractivity contribution is 7.13. The second-order valence-electron chi connectivity index (χ2n) is 6.03. The summed E-state index contributed by atoms with van der Waals surface area (Å²) in [6.07, 6.45) is 5.34. The SMILES string of the molecule is C#Cc1cccc(NC(=O)CN(C)C(=O)c2ccc(-c3cccs3)[nH]c2=O)c1. The van der Waals surface area contributed by atoms with Crippen molar-refractivity contribution in [2.45, 2.75) is 0 Å². The van der Waals surface area contributed by atoms with E-state index in [0.29, 0.717) is 16.9 Å². The number of nitrogens with zero attached hydrogens (tertiary/aromatic N) is 1. The molecule has 2 aromatic heterocycles. The maximum Gasteiger partial charge on any atom is 0.261 e. The van der Waals surface area contributed by atoms with E-state index in [1.54, 1.807) is 30.3 Å². The van der Waals surface area contributed by atoms with Gasteiger partial charge in [0.2, 0.25) is 5.91 Å². The van der Waals surface area contributed by atoms with Gasteiger partial charge in [-0.1, -0.05) is 18.1 Å². The molecule has 2 amide bonds. The van der Waals surface area contributed by atoms with Crippen molar-refractivity contribution < 1.29 is 9.59 Å². The summed E-state index contributed by atoms with van der Waals surface area (Å²) >= 11 is 1.49. The number of anilines is 1. The number of rotatable bonds is 5. The van der Waals surface area contributed by atoms with Gasteiger partial charge in [0.1, 0.15) is 5.56 Å². The topological polar surface area (TPSA) is 82.3 Å². The summed E-state index contributed by atoms with van der Waals surface area (Å²) in [5, 5.41) is 4.58. The van der Waals surface area contributed by atoms with E-state index in [-0.39, 0.29) is 12.1 Å². The first-order chi connectivity index (χ1) is 13.5. The Morgan fingerprint density at radius 1 is 1.21 bits per heavy atom. The van der Waals surface area contributed by atoms with Crippen LogP contribution in [0.1, 0.15) is 15.9 Å². The predicted molar refractivity (Wildman–Crippen MR) is 110 cm³/mol. The third-order valence-electron chi connectivity index (χ3n) is 3.97. The Bertz CT molecular complexity index is 1110. The molecule has 3 aromatic rings. The van der Waals surface area contributed by atoms with E-state index < -0.39 is 17.4 Å². The molecule has 0 bridgehead atoms. The van der Waals surface area contributed by atoms with E-state index in [9.17, 15) is 14.4 Å². The zero-order chi connectivity index (χ0) is 20.1. The molecule has 0 spiro atoms. The van der Waals surface area contributed by atoms with Gasteiger partial charge in [0.15, 0.2) is 0 Å². The van der Waals surface area contributed by atoms with Crippen molar-refractivity contribution in [2.75, 3.05) is 18.9 Å². The number of aromatic amines is 1. The Hall–Kier alpha value is -3.63. The number of pyridine rings is 1. The quantitative estimate of drug-likeness (QED) is 0.656. The van der Waals surface area contributed by atoms with Crippen molar-refractivity contribution >= 4 is 28.8 Å². The lowest BCUT2D eigenvalue weighted by Gasteiger charge is -2.16. The van der Waals surface area contributed by atoms with Gasteiger partial charge in [0, 0.05) is 18.3 Å². The molecule has 0 aliphatic carbocycles. The number of amides is 2. The van der Waals surface area contributed by atoms with Crippen LogP contribution in [-0.4, -0.2) is 35.3 Å². The Morgan fingerprint density at radius 3 is 2.71 bits per heavy atom. The fourth-order valence-corrected chi connectivity index (χ4v) is 3.30. The Morgan fingerprint density at radius 2 is 2.04 bits per heavy atom. The van der Waals surface area contributed by atoms with Crippen LogP contribution in [0.4, 0.5) is 5.69 Å². The number of carbonyl (C=O) groups is 2. The number of thiophene rings is 1. The summed E-state index contributed by atoms with van der Waals surface area (Å²) in [7, 11) is 1.46. The zero-order valence-electron chi connectivity index (χ0n) is 15.1. The third kappa shape index (κ3) is 4.37. The molecule has 1 aromatic carbocycles. The second-order valence-corrected chi connectivity index (χ2v) is 6.97. The highest BCUT2D eigenvalue weighted by Gasteiger charge is 2.18. The summed E-state index contributed by atoms with van der Waals surface area (Å²) in [5.74, 6) is 1.56. The standard InChI is InChI=1S/C21H17N3O3S/c1-3-14-6-4-7-15(12-14)22-19(25)13-24(2)21(27)16-9-10-17(23-20(16)26)18-8-5-11-28-18/h1,4-12H,13H2,2H3,(H,22,25)(H,23,26). The largest absolute Gasteiger partial charge is 0.332 e. The average Bonchev–Trinajstić information content (AvgIpc) is 3.22. The molecule has 0 aliphatic rings. The Labute approximate surface area is 165 Å². The molecular weight excluding hydrogens is 374 g/mol. The van der Waals surface area contributed by atoms with Crippen molar-refractivity contribution in [1.82, 2.24) is 9.88 Å². The van der Waals surface area contributed by atoms with E-state index in [0.717, 1.165) is 4.88 Å². The molecule has 2 heterocycles. The van der Waals surface area contributed by atoms with E-state index >= 15 is 0 Å². The van der Waals surface area contributed by atoms with Crippen molar-refractivity contribution in [3.8, 4) is 22.9 Å². The van der Waals surface area contributed by atoms with E-state index in [2.05, 4.69) is 16.2 Å². The van der Waals surface area contributed by atoms with Gasteiger partial charge < -0.3 is 15.2 Å². The first kappa shape index (κ1) is 19.1. The fourth-order valence-electron chi connectivity index (χ4n) is 2.60. The number of hydrogen-bond donors (Lipinski definition) is 2. The molecular formula is C21H17N3O3S. The number of terminal acetylenes is 1. The van der Waals surface area contributed by atoms with Crippen LogP contribution in [-0.2, 0) is 4.79 Å². The second kappa shape index (κ2) is 8.37. The number of hydrogen-bond acceptors (Lipinski definition) is 4. The smallest absolute Gasteiger partial charge is 0.261 e. The van der Waals surface area contributed by atoms with Gasteiger partial charge in [0.25, 0.3) is 11.5 Å². The molecule has 0 unspecified atom stereocenters. The van der Waals surface area contributed by atoms with Gasteiger partial charge in [-0.05, 0) is 41.8 Å². The Kier molecular flexibility index (Phi) is 5.72. The molecule has 7 heteroatoms. The number of likely N-dealkylation sites (N-methyl/N-ethyl adjacent to an activating group) is 1. The number of benzene rings is 1. The lowest BCUT2D eigenvalue weighted by atomic mass is 10.2. The molecule has 0 saturated carbocycles. The molecule has 140 valence electrons. The highest BCUT2D eigenvalue weighted by atomic mass is 32.1. The van der Waals surface area contributed by atoms with Gasteiger partial charge in [-0.3, -0.25) is 14.4 Å². The molecule has 0 aliphatic heterocycles. The minimum Gasteiger partial charge on any atom is -0.332 e. The summed E-state index contributed by atoms with van der Waals surface area (Å²) in [5.41, 5.74) is 1.30. The molecule has 28 heavy (non-hydrogen) atoms. The van der Waals surface area contributed by atoms with Gasteiger partial charge in [-0.2, -0.15) is 0 Å². The van der Waals surface area contributed by atoms with Crippen LogP contribution in [0.5, 0.6) is 0 Å². The van der Waals surface area contributed by atoms with E-state index in [1.807, 2.05) is 17.5 Å². The average molecular weight is 391 g/mol. The number of H-pyrrole nitrogens is 1. The van der Waals surface area contributed by atoms with E-state index in [1.165, 1.54) is 29.4 Å². The van der Waals surface area contributed by atoms with Gasteiger partial charge in [-0.25, -0.2) is 0 Å². The number of carbonyl (C=O) groups excluding carboxylic acids is 2. The van der Waals surface area contributed by atoms with Crippen molar-refractivity contribution in [1.29, 1.82) is 0 Å². The lowest BCUT2D eigenvalue weighted by Crippen LogP contribution is -2.37. The van der Waals surface area contributed by atoms with Crippen LogP contribution in [0.15, 0.2) is 58.7 Å². The summed E-state index contributed by atoms with van der Waals surface area (Å²) < 4.78 is 0. The lowest BCUT2D eigenvalue weighted by molar-refractivity contribution is -0.116. The van der Waals surface area contributed by atoms with Crippen LogP contribution in [0.25, 0.3) is 10.6 Å². The highest BCUT2D eigenvalue weighted by Crippen LogP contribution is 2.21. The first-order valence-electron chi connectivity index (χ1n) is 8.37. The minimum atomic E-state index is -0.536. The monoisotopic (exact) mass is 391 g/mol. The zero-order valence-corrected chi connectivity index (χ0v) is 15.9. The van der Waals surface area contributed by atoms with Crippen LogP contribution >= 0.6 is 11.3 Å². The predicted octanol–water partition coefficient (Wildman–Crippen LogP) is 2.80. The first-order valence-corrected chi connectivity index (χ1v) is 9.25. The van der Waals surface area contributed by atoms with Gasteiger partial charge in [-0.15, -0.1) is 17.8 Å². The maximum absolute atomic E-state index is 12.6. The minimum absolute atomic E-state index is 0.0232. The van der Waals surface area contributed by atoms with Crippen LogP contribution < -0.4 is 10.9 Å². The van der Waals surface area contributed by atoms with Crippen LogP contribution in [0, 0.1) is 12.3 Å². The molecule has 2 N–H and O–H groups in total. The molecule has 6 nitrogen and oxygen atoms in total. The van der Waals surface area contributed by atoms with E-state index in [4.69, 9.17) is 6.42 Å².